The molecule has 150 valence electrons. The van der Waals surface area contributed by atoms with Crippen LogP contribution in [-0.4, -0.2) is 57.2 Å². The number of fused-ring (bicyclic) bond motifs is 3. The Labute approximate surface area is 156 Å². The van der Waals surface area contributed by atoms with Crippen LogP contribution in [0, 0.1) is 46.8 Å². The van der Waals surface area contributed by atoms with E-state index >= 15 is 0 Å². The Bertz CT molecular complexity index is 672. The van der Waals surface area contributed by atoms with Crippen molar-refractivity contribution in [2.45, 2.75) is 56.6 Å². The number of carbonyl (C=O) groups excluding carboxylic acids is 2. The zero-order chi connectivity index (χ0) is 19.6. The number of hydrogen-bond acceptors (Lipinski definition) is 6. The summed E-state index contributed by atoms with van der Waals surface area (Å²) in [4.78, 5) is 24.8. The number of ketones is 1. The van der Waals surface area contributed by atoms with Gasteiger partial charge in [-0.2, -0.15) is 0 Å². The topological polar surface area (TPSA) is 145 Å². The van der Waals surface area contributed by atoms with E-state index in [1.165, 1.54) is 0 Å². The van der Waals surface area contributed by atoms with Gasteiger partial charge in [0.2, 0.25) is 5.91 Å². The van der Waals surface area contributed by atoms with Crippen LogP contribution in [0.3, 0.4) is 0 Å². The van der Waals surface area contributed by atoms with Gasteiger partial charge >= 0.3 is 0 Å². The summed E-state index contributed by atoms with van der Waals surface area (Å²) in [5.41, 5.74) is 5.24. The number of aliphatic hydroxyl groups is 3. The van der Waals surface area contributed by atoms with Crippen LogP contribution in [0.1, 0.15) is 32.1 Å². The number of amides is 1. The van der Waals surface area contributed by atoms with E-state index in [2.05, 4.69) is 0 Å². The van der Waals surface area contributed by atoms with Crippen LogP contribution in [0.5, 0.6) is 0 Å². The van der Waals surface area contributed by atoms with Gasteiger partial charge < -0.3 is 26.5 Å². The molecule has 0 aromatic heterocycles. The van der Waals surface area contributed by atoms with Crippen LogP contribution < -0.4 is 5.73 Å². The van der Waals surface area contributed by atoms with Gasteiger partial charge in [-0.3, -0.25) is 9.59 Å². The maximum atomic E-state index is 13.9. The number of alkyl halides is 1. The number of Topliss-reactive ketones (excluding diaryl/α,β-unsaturated/α-hetero) is 1. The van der Waals surface area contributed by atoms with Crippen LogP contribution in [0.4, 0.5) is 4.39 Å². The van der Waals surface area contributed by atoms with Gasteiger partial charge in [0.25, 0.3) is 0 Å². The second-order valence-electron chi connectivity index (χ2n) is 9.00. The van der Waals surface area contributed by atoms with Crippen molar-refractivity contribution in [1.82, 2.24) is 0 Å². The standard InChI is InChI=1S/C19H27FN2O5/c20-9-3-7-1-6-2-8-4-10(23)15(19(22)27)16(21)13(8)18(26)14(6)17(25)12(7)11(24)5-9/h6-15,18,21,23-24,26H,1-5H2,(H2,22,27). The molecule has 4 aliphatic carbocycles. The maximum Gasteiger partial charge on any atom is 0.228 e. The number of rotatable bonds is 1. The van der Waals surface area contributed by atoms with Gasteiger partial charge in [0.15, 0.2) is 0 Å². The molecule has 0 aromatic carbocycles. The Kier molecular flexibility index (Phi) is 4.63. The minimum absolute atomic E-state index is 0.0573. The summed E-state index contributed by atoms with van der Waals surface area (Å²) >= 11 is 0. The molecule has 7 nitrogen and oxygen atoms in total. The van der Waals surface area contributed by atoms with Crippen molar-refractivity contribution in [3.63, 3.8) is 0 Å². The third kappa shape index (κ3) is 2.84. The summed E-state index contributed by atoms with van der Waals surface area (Å²) in [7, 11) is 0. The third-order valence-corrected chi connectivity index (χ3v) is 7.53. The molecule has 11 unspecified atom stereocenters. The van der Waals surface area contributed by atoms with Crippen molar-refractivity contribution >= 4 is 17.4 Å². The highest BCUT2D eigenvalue weighted by Gasteiger charge is 2.59. The predicted molar refractivity (Wildman–Crippen MR) is 92.4 cm³/mol. The molecule has 11 atom stereocenters. The highest BCUT2D eigenvalue weighted by molar-refractivity contribution is 6.05. The SMILES string of the molecule is N=C1C(C(N)=O)C(O)CC2CC3CC4CC(F)CC(O)C4C(=O)C3C(O)C12. The highest BCUT2D eigenvalue weighted by Crippen LogP contribution is 2.53. The fraction of sp³-hybridized carbons (Fsp3) is 0.842. The molecule has 6 N–H and O–H groups in total. The van der Waals surface area contributed by atoms with Gasteiger partial charge in [-0.1, -0.05) is 0 Å². The quantitative estimate of drug-likeness (QED) is 0.426. The highest BCUT2D eigenvalue weighted by atomic mass is 19.1. The summed E-state index contributed by atoms with van der Waals surface area (Å²) in [6, 6.07) is 0. The molecule has 4 aliphatic rings. The van der Waals surface area contributed by atoms with Crippen molar-refractivity contribution in [3.05, 3.63) is 0 Å². The van der Waals surface area contributed by atoms with E-state index in [1.807, 2.05) is 0 Å². The van der Waals surface area contributed by atoms with Crippen LogP contribution in [0.25, 0.3) is 0 Å². The third-order valence-electron chi connectivity index (χ3n) is 7.53. The van der Waals surface area contributed by atoms with Gasteiger partial charge in [-0.25, -0.2) is 4.39 Å². The molecule has 4 rings (SSSR count). The number of nitrogens with two attached hydrogens (primary N) is 1. The second-order valence-corrected chi connectivity index (χ2v) is 9.00. The summed E-state index contributed by atoms with van der Waals surface area (Å²) in [6.45, 7) is 0. The molecule has 0 bridgehead atoms. The summed E-state index contributed by atoms with van der Waals surface area (Å²) < 4.78 is 13.9. The van der Waals surface area contributed by atoms with Crippen LogP contribution in [0.15, 0.2) is 0 Å². The van der Waals surface area contributed by atoms with E-state index < -0.39 is 54.1 Å². The smallest absolute Gasteiger partial charge is 0.228 e. The van der Waals surface area contributed by atoms with Crippen molar-refractivity contribution in [1.29, 1.82) is 5.41 Å². The largest absolute Gasteiger partial charge is 0.392 e. The average molecular weight is 382 g/mol. The zero-order valence-corrected chi connectivity index (χ0v) is 15.0. The zero-order valence-electron chi connectivity index (χ0n) is 15.0. The molecule has 27 heavy (non-hydrogen) atoms. The molecule has 0 radical (unpaired) electrons. The van der Waals surface area contributed by atoms with E-state index in [-0.39, 0.29) is 48.5 Å². The minimum Gasteiger partial charge on any atom is -0.392 e. The Balaban J connectivity index is 1.63. The lowest BCUT2D eigenvalue weighted by molar-refractivity contribution is -0.160. The number of hydrogen-bond donors (Lipinski definition) is 5. The van der Waals surface area contributed by atoms with E-state index in [0.29, 0.717) is 12.8 Å². The molecular weight excluding hydrogens is 355 g/mol. The van der Waals surface area contributed by atoms with E-state index in [1.54, 1.807) is 0 Å². The van der Waals surface area contributed by atoms with Crippen LogP contribution in [-0.2, 0) is 9.59 Å². The Hall–Kier alpha value is -1.38. The molecule has 0 aliphatic heterocycles. The predicted octanol–water partition coefficient (Wildman–Crippen LogP) is -0.200. The molecule has 4 saturated carbocycles. The monoisotopic (exact) mass is 382 g/mol. The number of halogens is 1. The fourth-order valence-electron chi connectivity index (χ4n) is 6.56. The lowest BCUT2D eigenvalue weighted by Crippen LogP contribution is -2.62. The van der Waals surface area contributed by atoms with Gasteiger partial charge in [0.1, 0.15) is 17.9 Å². The Morgan fingerprint density at radius 2 is 1.52 bits per heavy atom. The minimum atomic E-state index is -1.14. The molecule has 4 fully saturated rings. The lowest BCUT2D eigenvalue weighted by atomic mass is 9.51. The van der Waals surface area contributed by atoms with Gasteiger partial charge in [0.05, 0.1) is 18.3 Å². The lowest BCUT2D eigenvalue weighted by Gasteiger charge is -2.54. The van der Waals surface area contributed by atoms with Crippen molar-refractivity contribution in [2.75, 3.05) is 0 Å². The molecular formula is C19H27FN2O5. The number of carbonyl (C=O) groups is 2. The van der Waals surface area contributed by atoms with Crippen molar-refractivity contribution in [2.24, 2.45) is 47.2 Å². The first-order chi connectivity index (χ1) is 12.7. The second kappa shape index (κ2) is 6.60. The van der Waals surface area contributed by atoms with Gasteiger partial charge in [-0.15, -0.1) is 0 Å². The Morgan fingerprint density at radius 3 is 2.15 bits per heavy atom. The van der Waals surface area contributed by atoms with Gasteiger partial charge in [0, 0.05) is 29.9 Å². The molecule has 0 aromatic rings. The number of nitrogens with one attached hydrogen (secondary N) is 1. The summed E-state index contributed by atoms with van der Waals surface area (Å²) in [5, 5.41) is 39.9. The van der Waals surface area contributed by atoms with E-state index in [4.69, 9.17) is 11.1 Å². The number of primary amides is 1. The molecule has 1 amide bonds. The van der Waals surface area contributed by atoms with Crippen molar-refractivity contribution in [3.8, 4) is 0 Å². The first kappa shape index (κ1) is 19.0. The normalized spacial score (nSPS) is 52.5. The van der Waals surface area contributed by atoms with Gasteiger partial charge in [-0.05, 0) is 43.4 Å². The molecule has 0 spiro atoms. The summed E-state index contributed by atoms with van der Waals surface area (Å²) in [6.07, 6.45) is -2.81. The van der Waals surface area contributed by atoms with Crippen LogP contribution in [0.2, 0.25) is 0 Å². The fourth-order valence-corrected chi connectivity index (χ4v) is 6.56. The average Bonchev–Trinajstić information content (AvgIpc) is 2.52. The number of aliphatic hydroxyl groups excluding tert-OH is 3. The first-order valence-corrected chi connectivity index (χ1v) is 9.80. The van der Waals surface area contributed by atoms with E-state index in [0.717, 1.165) is 0 Å². The molecule has 0 saturated heterocycles. The summed E-state index contributed by atoms with van der Waals surface area (Å²) in [5.74, 6) is -4.85. The molecule has 8 heteroatoms. The van der Waals surface area contributed by atoms with Crippen LogP contribution >= 0.6 is 0 Å². The first-order valence-electron chi connectivity index (χ1n) is 9.80. The van der Waals surface area contributed by atoms with Crippen molar-refractivity contribution < 1.29 is 29.3 Å². The molecule has 0 heterocycles. The Morgan fingerprint density at radius 1 is 0.926 bits per heavy atom. The van der Waals surface area contributed by atoms with E-state index in [9.17, 15) is 29.3 Å². The maximum absolute atomic E-state index is 13.9.